The van der Waals surface area contributed by atoms with Crippen molar-refractivity contribution in [2.75, 3.05) is 0 Å². The van der Waals surface area contributed by atoms with Crippen molar-refractivity contribution >= 4 is 44.7 Å². The van der Waals surface area contributed by atoms with Crippen LogP contribution in [0.3, 0.4) is 0 Å². The van der Waals surface area contributed by atoms with Crippen LogP contribution in [0.15, 0.2) is 34.4 Å². The van der Waals surface area contributed by atoms with Gasteiger partial charge in [0.1, 0.15) is 0 Å². The Morgan fingerprint density at radius 1 is 1.29 bits per heavy atom. The van der Waals surface area contributed by atoms with Gasteiger partial charge in [-0.15, -0.1) is 11.3 Å². The van der Waals surface area contributed by atoms with E-state index in [2.05, 4.69) is 11.1 Å². The fourth-order valence-electron chi connectivity index (χ4n) is 2.61. The van der Waals surface area contributed by atoms with Crippen molar-refractivity contribution < 1.29 is 0 Å². The lowest BCUT2D eigenvalue weighted by Gasteiger charge is -1.97. The van der Waals surface area contributed by atoms with Gasteiger partial charge >= 0.3 is 0 Å². The van der Waals surface area contributed by atoms with E-state index in [-0.39, 0.29) is 5.56 Å². The number of thiophene rings is 1. The van der Waals surface area contributed by atoms with Crippen LogP contribution in [-0.4, -0.2) is 9.38 Å². The third-order valence-electron chi connectivity index (χ3n) is 3.50. The molecule has 3 aromatic heterocycles. The van der Waals surface area contributed by atoms with Gasteiger partial charge in [-0.05, 0) is 48.6 Å². The van der Waals surface area contributed by atoms with Crippen LogP contribution < -0.4 is 10.1 Å². The Balaban J connectivity index is 2.11. The number of imidazole rings is 1. The first-order valence-electron chi connectivity index (χ1n) is 6.61. The first-order valence-corrected chi connectivity index (χ1v) is 8.30. The maximum absolute atomic E-state index is 12.7. The molecule has 0 spiro atoms. The molecule has 0 bridgehead atoms. The summed E-state index contributed by atoms with van der Waals surface area (Å²) in [6.45, 7) is 4.08. The van der Waals surface area contributed by atoms with Crippen molar-refractivity contribution in [2.24, 2.45) is 0 Å². The molecule has 4 rings (SSSR count). The van der Waals surface area contributed by atoms with E-state index >= 15 is 0 Å². The molecule has 104 valence electrons. The van der Waals surface area contributed by atoms with Gasteiger partial charge in [0.15, 0.2) is 4.96 Å². The molecular formula is C16H12N2OS2. The maximum atomic E-state index is 12.7. The molecule has 5 heteroatoms. The van der Waals surface area contributed by atoms with E-state index in [4.69, 9.17) is 0 Å². The number of benzene rings is 1. The Morgan fingerprint density at radius 2 is 2.14 bits per heavy atom. The minimum atomic E-state index is 0.0240. The average Bonchev–Trinajstić information content (AvgIpc) is 3.10. The fraction of sp³-hybridized carbons (Fsp3) is 0.125. The normalized spacial score (nSPS) is 12.8. The molecule has 0 aliphatic rings. The van der Waals surface area contributed by atoms with Gasteiger partial charge in [-0.1, -0.05) is 23.5 Å². The molecule has 1 aromatic carbocycles. The molecule has 3 heterocycles. The van der Waals surface area contributed by atoms with E-state index in [9.17, 15) is 4.79 Å². The predicted octanol–water partition coefficient (Wildman–Crippen LogP) is 3.14. The Labute approximate surface area is 128 Å². The number of hydrogen-bond donors (Lipinski definition) is 0. The molecule has 0 saturated carbocycles. The minimum absolute atomic E-state index is 0.0240. The maximum Gasteiger partial charge on any atom is 0.274 e. The van der Waals surface area contributed by atoms with Crippen LogP contribution in [0.2, 0.25) is 0 Å². The number of hydrogen-bond acceptors (Lipinski definition) is 4. The molecule has 4 aromatic rings. The number of aromatic nitrogens is 2. The summed E-state index contributed by atoms with van der Waals surface area (Å²) >= 11 is 3.08. The molecule has 0 aliphatic heterocycles. The standard InChI is InChI=1S/C16H12N2OS2/c1-9-6-10(2)14-12(7-9)18-15(19)13(21-16(18)17-14)8-11-4-3-5-20-11/h3-8H,1-2H3. The summed E-state index contributed by atoms with van der Waals surface area (Å²) in [4.78, 5) is 19.2. The summed E-state index contributed by atoms with van der Waals surface area (Å²) in [5.74, 6) is 0. The van der Waals surface area contributed by atoms with Gasteiger partial charge in [-0.25, -0.2) is 9.38 Å². The van der Waals surface area contributed by atoms with Crippen molar-refractivity contribution in [3.63, 3.8) is 0 Å². The van der Waals surface area contributed by atoms with E-state index in [0.717, 1.165) is 36.5 Å². The van der Waals surface area contributed by atoms with E-state index < -0.39 is 0 Å². The van der Waals surface area contributed by atoms with Gasteiger partial charge in [-0.2, -0.15) is 0 Å². The van der Waals surface area contributed by atoms with Gasteiger partial charge in [-0.3, -0.25) is 4.79 Å². The second kappa shape index (κ2) is 4.51. The van der Waals surface area contributed by atoms with Gasteiger partial charge in [0, 0.05) is 4.88 Å². The van der Waals surface area contributed by atoms with Gasteiger partial charge in [0.05, 0.1) is 15.6 Å². The fourth-order valence-corrected chi connectivity index (χ4v) is 4.32. The minimum Gasteiger partial charge on any atom is -0.267 e. The average molecular weight is 312 g/mol. The first-order chi connectivity index (χ1) is 10.1. The van der Waals surface area contributed by atoms with E-state index in [1.54, 1.807) is 15.7 Å². The van der Waals surface area contributed by atoms with E-state index in [1.807, 2.05) is 43.5 Å². The SMILES string of the molecule is Cc1cc(C)c2nc3sc(=Cc4cccs4)c(=O)n3c2c1. The third-order valence-corrected chi connectivity index (χ3v) is 5.28. The Morgan fingerprint density at radius 3 is 2.90 bits per heavy atom. The van der Waals surface area contributed by atoms with Crippen LogP contribution in [0.5, 0.6) is 0 Å². The summed E-state index contributed by atoms with van der Waals surface area (Å²) < 4.78 is 2.47. The lowest BCUT2D eigenvalue weighted by atomic mass is 10.1. The van der Waals surface area contributed by atoms with Crippen LogP contribution in [-0.2, 0) is 0 Å². The molecule has 3 nitrogen and oxygen atoms in total. The highest BCUT2D eigenvalue weighted by Crippen LogP contribution is 2.21. The summed E-state index contributed by atoms with van der Waals surface area (Å²) in [6.07, 6.45) is 1.95. The first kappa shape index (κ1) is 12.7. The Hall–Kier alpha value is -1.98. The zero-order chi connectivity index (χ0) is 14.6. The summed E-state index contributed by atoms with van der Waals surface area (Å²) in [6, 6.07) is 8.13. The highest BCUT2D eigenvalue weighted by molar-refractivity contribution is 7.15. The molecule has 0 unspecified atom stereocenters. The van der Waals surface area contributed by atoms with E-state index in [1.165, 1.54) is 11.3 Å². The van der Waals surface area contributed by atoms with Gasteiger partial charge in [0.25, 0.3) is 5.56 Å². The van der Waals surface area contributed by atoms with Crippen LogP contribution in [0.25, 0.3) is 22.1 Å². The molecule has 0 saturated heterocycles. The number of nitrogens with zero attached hydrogens (tertiary/aromatic N) is 2. The van der Waals surface area contributed by atoms with Crippen LogP contribution >= 0.6 is 22.7 Å². The Bertz CT molecular complexity index is 1070. The molecule has 0 N–H and O–H groups in total. The Kier molecular flexibility index (Phi) is 2.74. The van der Waals surface area contributed by atoms with Crippen LogP contribution in [0.1, 0.15) is 16.0 Å². The van der Waals surface area contributed by atoms with Crippen molar-refractivity contribution in [3.8, 4) is 0 Å². The zero-order valence-electron chi connectivity index (χ0n) is 11.6. The lowest BCUT2D eigenvalue weighted by Crippen LogP contribution is -2.22. The lowest BCUT2D eigenvalue weighted by molar-refractivity contribution is 1.19. The molecule has 0 radical (unpaired) electrons. The molecule has 0 fully saturated rings. The largest absolute Gasteiger partial charge is 0.274 e. The van der Waals surface area contributed by atoms with Crippen LogP contribution in [0.4, 0.5) is 0 Å². The number of aryl methyl sites for hydroxylation is 2. The molecule has 0 amide bonds. The van der Waals surface area contributed by atoms with Gasteiger partial charge < -0.3 is 0 Å². The summed E-state index contributed by atoms with van der Waals surface area (Å²) in [7, 11) is 0. The third kappa shape index (κ3) is 1.92. The summed E-state index contributed by atoms with van der Waals surface area (Å²) in [5, 5.41) is 2.01. The highest BCUT2D eigenvalue weighted by atomic mass is 32.1. The topological polar surface area (TPSA) is 34.4 Å². The van der Waals surface area contributed by atoms with Crippen LogP contribution in [0, 0.1) is 13.8 Å². The molecule has 0 atom stereocenters. The monoisotopic (exact) mass is 312 g/mol. The smallest absolute Gasteiger partial charge is 0.267 e. The van der Waals surface area contributed by atoms with Crippen molar-refractivity contribution in [2.45, 2.75) is 13.8 Å². The quantitative estimate of drug-likeness (QED) is 0.541. The van der Waals surface area contributed by atoms with Gasteiger partial charge in [0.2, 0.25) is 0 Å². The van der Waals surface area contributed by atoms with Crippen molar-refractivity contribution in [1.29, 1.82) is 0 Å². The number of rotatable bonds is 1. The van der Waals surface area contributed by atoms with Crippen molar-refractivity contribution in [3.05, 3.63) is 60.5 Å². The molecule has 0 aliphatic carbocycles. The second-order valence-corrected chi connectivity index (χ2v) is 7.10. The second-order valence-electron chi connectivity index (χ2n) is 5.11. The predicted molar refractivity (Wildman–Crippen MR) is 89.4 cm³/mol. The molecular weight excluding hydrogens is 300 g/mol. The summed E-state index contributed by atoms with van der Waals surface area (Å²) in [5.41, 5.74) is 4.12. The zero-order valence-corrected chi connectivity index (χ0v) is 13.2. The number of fused-ring (bicyclic) bond motifs is 3. The van der Waals surface area contributed by atoms with E-state index in [0.29, 0.717) is 0 Å². The molecule has 21 heavy (non-hydrogen) atoms. The highest BCUT2D eigenvalue weighted by Gasteiger charge is 2.13. The number of thiazole rings is 1. The van der Waals surface area contributed by atoms with Crippen molar-refractivity contribution in [1.82, 2.24) is 9.38 Å².